The summed E-state index contributed by atoms with van der Waals surface area (Å²) in [6.07, 6.45) is 7.75. The average Bonchev–Trinajstić information content (AvgIpc) is 3.03. The quantitative estimate of drug-likeness (QED) is 0.445. The summed E-state index contributed by atoms with van der Waals surface area (Å²) in [5, 5.41) is 0. The van der Waals surface area contributed by atoms with E-state index in [4.69, 9.17) is 0 Å². The zero-order valence-electron chi connectivity index (χ0n) is 14.2. The van der Waals surface area contributed by atoms with E-state index in [-0.39, 0.29) is 21.7 Å². The minimum absolute atomic E-state index is 0. The average molecular weight is 318 g/mol. The van der Waals surface area contributed by atoms with Crippen molar-refractivity contribution in [2.24, 2.45) is 0 Å². The van der Waals surface area contributed by atoms with Gasteiger partial charge in [-0.25, -0.2) is 12.1 Å². The molecule has 0 fully saturated rings. The monoisotopic (exact) mass is 318 g/mol. The maximum atomic E-state index is 2.27. The topological polar surface area (TPSA) is 0 Å². The van der Waals surface area contributed by atoms with E-state index in [1.165, 1.54) is 60.8 Å². The smallest absolute Gasteiger partial charge is 0.210 e. The Morgan fingerprint density at radius 2 is 1.14 bits per heavy atom. The molecular formula is C20H30Ti. The van der Waals surface area contributed by atoms with E-state index in [1.807, 2.05) is 0 Å². The third-order valence-electron chi connectivity index (χ3n) is 3.58. The molecule has 2 aromatic carbocycles. The molecule has 0 N–H and O–H groups in total. The van der Waals surface area contributed by atoms with Crippen molar-refractivity contribution in [2.75, 3.05) is 0 Å². The van der Waals surface area contributed by atoms with Crippen molar-refractivity contribution < 1.29 is 21.7 Å². The summed E-state index contributed by atoms with van der Waals surface area (Å²) >= 11 is 0. The molecule has 2 aromatic rings. The van der Waals surface area contributed by atoms with Gasteiger partial charge in [0.2, 0.25) is 0 Å². The molecule has 1 heteroatoms. The molecule has 0 saturated heterocycles. The Morgan fingerprint density at radius 3 is 1.38 bits per heavy atom. The van der Waals surface area contributed by atoms with Crippen LogP contribution in [0.5, 0.6) is 0 Å². The van der Waals surface area contributed by atoms with Crippen LogP contribution < -0.4 is 0 Å². The van der Waals surface area contributed by atoms with E-state index in [2.05, 4.69) is 64.1 Å². The van der Waals surface area contributed by atoms with E-state index in [0.717, 1.165) is 0 Å². The second kappa shape index (κ2) is 12.0. The van der Waals surface area contributed by atoms with Gasteiger partial charge in [-0.2, -0.15) is 46.5 Å². The minimum atomic E-state index is 0. The minimum Gasteiger partial charge on any atom is -0.210 e. The summed E-state index contributed by atoms with van der Waals surface area (Å²) in [7, 11) is 0. The van der Waals surface area contributed by atoms with Crippen molar-refractivity contribution in [1.82, 2.24) is 0 Å². The van der Waals surface area contributed by atoms with Crippen molar-refractivity contribution in [3.8, 4) is 0 Å². The van der Waals surface area contributed by atoms with E-state index >= 15 is 0 Å². The number of unbranched alkanes of at least 4 members (excludes halogenated alkanes) is 2. The molecule has 0 aromatic heterocycles. The number of hydrogen-bond donors (Lipinski definition) is 0. The Balaban J connectivity index is 0.000000364. The SMILES string of the molecule is CCCCc1cc[c-](C)c1.CCCCc1cc[c-](C)c1.[Ti+2]. The molecule has 0 spiro atoms. The zero-order valence-corrected chi connectivity index (χ0v) is 15.8. The maximum Gasteiger partial charge on any atom is 2.00 e. The van der Waals surface area contributed by atoms with Gasteiger partial charge in [0, 0.05) is 0 Å². The molecule has 0 aliphatic heterocycles. The first-order valence-corrected chi connectivity index (χ1v) is 8.10. The first-order valence-electron chi connectivity index (χ1n) is 8.10. The number of hydrogen-bond acceptors (Lipinski definition) is 0. The van der Waals surface area contributed by atoms with Gasteiger partial charge in [0.1, 0.15) is 0 Å². The summed E-state index contributed by atoms with van der Waals surface area (Å²) in [6.45, 7) is 8.76. The first kappa shape index (κ1) is 20.4. The van der Waals surface area contributed by atoms with Crippen LogP contribution in [0.3, 0.4) is 0 Å². The third kappa shape index (κ3) is 9.12. The maximum absolute atomic E-state index is 2.27. The van der Waals surface area contributed by atoms with Crippen LogP contribution in [0.25, 0.3) is 0 Å². The van der Waals surface area contributed by atoms with Crippen LogP contribution in [-0.4, -0.2) is 0 Å². The molecule has 0 nitrogen and oxygen atoms in total. The van der Waals surface area contributed by atoms with Gasteiger partial charge in [0.05, 0.1) is 0 Å². The molecule has 0 bridgehead atoms. The van der Waals surface area contributed by atoms with E-state index in [0.29, 0.717) is 0 Å². The van der Waals surface area contributed by atoms with Gasteiger partial charge in [-0.1, -0.05) is 66.2 Å². The fourth-order valence-electron chi connectivity index (χ4n) is 2.33. The number of rotatable bonds is 6. The van der Waals surface area contributed by atoms with Crippen molar-refractivity contribution >= 4 is 0 Å². The fourth-order valence-corrected chi connectivity index (χ4v) is 2.33. The summed E-state index contributed by atoms with van der Waals surface area (Å²) in [4.78, 5) is 0. The van der Waals surface area contributed by atoms with Gasteiger partial charge in [-0.3, -0.25) is 0 Å². The van der Waals surface area contributed by atoms with E-state index in [9.17, 15) is 0 Å². The molecule has 0 radical (unpaired) electrons. The third-order valence-corrected chi connectivity index (χ3v) is 3.58. The summed E-state index contributed by atoms with van der Waals surface area (Å²) in [5.74, 6) is 0. The van der Waals surface area contributed by atoms with Crippen molar-refractivity contribution in [3.63, 3.8) is 0 Å². The molecule has 114 valence electrons. The second-order valence-corrected chi connectivity index (χ2v) is 5.80. The molecule has 0 saturated carbocycles. The predicted molar refractivity (Wildman–Crippen MR) is 90.8 cm³/mol. The molecule has 0 aliphatic carbocycles. The Labute approximate surface area is 146 Å². The van der Waals surface area contributed by atoms with Gasteiger partial charge >= 0.3 is 21.7 Å². The van der Waals surface area contributed by atoms with E-state index < -0.39 is 0 Å². The van der Waals surface area contributed by atoms with Crippen molar-refractivity contribution in [3.05, 3.63) is 58.7 Å². The Hall–Kier alpha value is -0.586. The Morgan fingerprint density at radius 1 is 0.762 bits per heavy atom. The molecular weight excluding hydrogens is 288 g/mol. The van der Waals surface area contributed by atoms with Crippen LogP contribution in [-0.2, 0) is 34.6 Å². The van der Waals surface area contributed by atoms with Gasteiger partial charge in [-0.05, 0) is 0 Å². The molecule has 2 rings (SSSR count). The number of aryl methyl sites for hydroxylation is 4. The van der Waals surface area contributed by atoms with Crippen LogP contribution >= 0.6 is 0 Å². The molecule has 21 heavy (non-hydrogen) atoms. The van der Waals surface area contributed by atoms with Crippen molar-refractivity contribution in [1.29, 1.82) is 0 Å². The van der Waals surface area contributed by atoms with Gasteiger partial charge in [0.15, 0.2) is 0 Å². The summed E-state index contributed by atoms with van der Waals surface area (Å²) in [6, 6.07) is 13.4. The molecule has 0 atom stereocenters. The molecule has 0 aliphatic rings. The van der Waals surface area contributed by atoms with Crippen LogP contribution in [0.2, 0.25) is 0 Å². The van der Waals surface area contributed by atoms with E-state index in [1.54, 1.807) is 0 Å². The van der Waals surface area contributed by atoms with Crippen LogP contribution in [0.4, 0.5) is 0 Å². The summed E-state index contributed by atoms with van der Waals surface area (Å²) in [5.41, 5.74) is 5.79. The Kier molecular flexibility index (Phi) is 11.7. The van der Waals surface area contributed by atoms with Gasteiger partial charge in [-0.15, -0.1) is 0 Å². The largest absolute Gasteiger partial charge is 2.00 e. The zero-order chi connectivity index (χ0) is 14.8. The Bertz CT molecular complexity index is 417. The van der Waals surface area contributed by atoms with Crippen molar-refractivity contribution in [2.45, 2.75) is 66.2 Å². The fraction of sp³-hybridized carbons (Fsp3) is 0.500. The van der Waals surface area contributed by atoms with Gasteiger partial charge < -0.3 is 0 Å². The normalized spacial score (nSPS) is 9.71. The first-order chi connectivity index (χ1) is 9.65. The van der Waals surface area contributed by atoms with Crippen LogP contribution in [0.1, 0.15) is 61.8 Å². The predicted octanol–water partition coefficient (Wildman–Crippen LogP) is 6.11. The second-order valence-electron chi connectivity index (χ2n) is 5.80. The van der Waals surface area contributed by atoms with Gasteiger partial charge in [0.25, 0.3) is 0 Å². The standard InChI is InChI=1S/2C10H15.Ti/c2*1-3-4-5-10-7-6-9(2)8-10;/h2*6-8H,3-5H2,1-2H3;/q2*-1;+2. The van der Waals surface area contributed by atoms with Crippen LogP contribution in [0.15, 0.2) is 36.4 Å². The molecule has 0 unspecified atom stereocenters. The summed E-state index contributed by atoms with van der Waals surface area (Å²) < 4.78 is 0. The molecule has 0 amide bonds. The molecule has 0 heterocycles. The van der Waals surface area contributed by atoms with Crippen LogP contribution in [0, 0.1) is 13.8 Å².